The van der Waals surface area contributed by atoms with Gasteiger partial charge >= 0.3 is 0 Å². The van der Waals surface area contributed by atoms with Crippen molar-refractivity contribution >= 4 is 0 Å². The highest BCUT2D eigenvalue weighted by molar-refractivity contribution is 5.38. The molecule has 2 aromatic rings. The number of benzene rings is 1. The van der Waals surface area contributed by atoms with Crippen molar-refractivity contribution in [2.24, 2.45) is 5.73 Å². The Morgan fingerprint density at radius 1 is 1.33 bits per heavy atom. The molecule has 112 valence electrons. The molecule has 4 heteroatoms. The second-order valence-electron chi connectivity index (χ2n) is 6.07. The molecule has 4 nitrogen and oxygen atoms in total. The van der Waals surface area contributed by atoms with E-state index in [-0.39, 0.29) is 5.41 Å². The highest BCUT2D eigenvalue weighted by Crippen LogP contribution is 2.39. The van der Waals surface area contributed by atoms with Gasteiger partial charge in [0.15, 0.2) is 0 Å². The first kappa shape index (κ1) is 14.3. The molecule has 0 fully saturated rings. The zero-order valence-electron chi connectivity index (χ0n) is 12.8. The lowest BCUT2D eigenvalue weighted by Gasteiger charge is -2.38. The molecule has 1 aliphatic rings. The first-order chi connectivity index (χ1) is 10.3. The van der Waals surface area contributed by atoms with Gasteiger partial charge in [0.1, 0.15) is 12.2 Å². The standard InChI is InChI=1S/C17H24N4/c1-2-10-21-16(19-13-20-21)11-17(12-18)9-5-7-14-6-3-4-8-15(14)17/h3-4,6,8,13H,2,5,7,9-12,18H2,1H3. The Morgan fingerprint density at radius 2 is 2.19 bits per heavy atom. The highest BCUT2D eigenvalue weighted by atomic mass is 15.3. The van der Waals surface area contributed by atoms with E-state index in [1.54, 1.807) is 6.33 Å². The van der Waals surface area contributed by atoms with Crippen molar-refractivity contribution < 1.29 is 0 Å². The van der Waals surface area contributed by atoms with Crippen molar-refractivity contribution in [3.05, 3.63) is 47.5 Å². The van der Waals surface area contributed by atoms with Gasteiger partial charge in [-0.25, -0.2) is 4.98 Å². The molecule has 0 amide bonds. The third-order valence-corrected chi connectivity index (χ3v) is 4.71. The molecule has 0 saturated heterocycles. The van der Waals surface area contributed by atoms with Gasteiger partial charge in [-0.3, -0.25) is 4.68 Å². The van der Waals surface area contributed by atoms with E-state index in [1.165, 1.54) is 24.0 Å². The van der Waals surface area contributed by atoms with Gasteiger partial charge in [0.2, 0.25) is 0 Å². The lowest BCUT2D eigenvalue weighted by molar-refractivity contribution is 0.350. The lowest BCUT2D eigenvalue weighted by atomic mass is 9.68. The molecule has 1 unspecified atom stereocenters. The number of aryl methyl sites for hydroxylation is 2. The maximum atomic E-state index is 6.24. The van der Waals surface area contributed by atoms with Crippen molar-refractivity contribution in [1.82, 2.24) is 14.8 Å². The van der Waals surface area contributed by atoms with E-state index in [4.69, 9.17) is 5.73 Å². The Labute approximate surface area is 126 Å². The third kappa shape index (κ3) is 2.60. The Hall–Kier alpha value is -1.68. The second-order valence-corrected chi connectivity index (χ2v) is 6.07. The van der Waals surface area contributed by atoms with E-state index in [9.17, 15) is 0 Å². The summed E-state index contributed by atoms with van der Waals surface area (Å²) < 4.78 is 2.04. The summed E-state index contributed by atoms with van der Waals surface area (Å²) in [5, 5.41) is 4.36. The van der Waals surface area contributed by atoms with Crippen molar-refractivity contribution in [3.63, 3.8) is 0 Å². The molecule has 1 aromatic carbocycles. The van der Waals surface area contributed by atoms with Crippen LogP contribution in [0.1, 0.15) is 43.1 Å². The summed E-state index contributed by atoms with van der Waals surface area (Å²) in [5.41, 5.74) is 9.13. The predicted octanol–water partition coefficient (Wildman–Crippen LogP) is 2.46. The van der Waals surface area contributed by atoms with Crippen LogP contribution in [0.15, 0.2) is 30.6 Å². The maximum Gasteiger partial charge on any atom is 0.138 e. The first-order valence-electron chi connectivity index (χ1n) is 7.94. The number of fused-ring (bicyclic) bond motifs is 1. The third-order valence-electron chi connectivity index (χ3n) is 4.71. The average molecular weight is 284 g/mol. The van der Waals surface area contributed by atoms with Crippen LogP contribution < -0.4 is 5.73 Å². The fourth-order valence-corrected chi connectivity index (χ4v) is 3.60. The first-order valence-corrected chi connectivity index (χ1v) is 7.94. The van der Waals surface area contributed by atoms with Gasteiger partial charge in [0.05, 0.1) is 0 Å². The van der Waals surface area contributed by atoms with Crippen molar-refractivity contribution in [1.29, 1.82) is 0 Å². The molecular weight excluding hydrogens is 260 g/mol. The number of hydrogen-bond donors (Lipinski definition) is 1. The summed E-state index contributed by atoms with van der Waals surface area (Å²) in [7, 11) is 0. The zero-order valence-corrected chi connectivity index (χ0v) is 12.8. The SMILES string of the molecule is CCCn1ncnc1CC1(CN)CCCc2ccccc21. The van der Waals surface area contributed by atoms with Gasteiger partial charge in [-0.05, 0) is 36.8 Å². The van der Waals surface area contributed by atoms with Crippen molar-refractivity contribution in [2.45, 2.75) is 51.0 Å². The Bertz CT molecular complexity index is 604. The van der Waals surface area contributed by atoms with Crippen LogP contribution in [-0.4, -0.2) is 21.3 Å². The van der Waals surface area contributed by atoms with Crippen LogP contribution in [0.2, 0.25) is 0 Å². The van der Waals surface area contributed by atoms with Gasteiger partial charge in [0, 0.05) is 24.9 Å². The Balaban J connectivity index is 1.96. The minimum absolute atomic E-state index is 0.0212. The minimum Gasteiger partial charge on any atom is -0.330 e. The summed E-state index contributed by atoms with van der Waals surface area (Å²) in [6.07, 6.45) is 7.14. The van der Waals surface area contributed by atoms with E-state index < -0.39 is 0 Å². The summed E-state index contributed by atoms with van der Waals surface area (Å²) >= 11 is 0. The zero-order chi connectivity index (χ0) is 14.7. The van der Waals surface area contributed by atoms with Gasteiger partial charge in [0.25, 0.3) is 0 Å². The van der Waals surface area contributed by atoms with Gasteiger partial charge in [-0.1, -0.05) is 31.2 Å². The average Bonchev–Trinajstić information content (AvgIpc) is 2.95. The van der Waals surface area contributed by atoms with E-state index in [0.29, 0.717) is 6.54 Å². The lowest BCUT2D eigenvalue weighted by Crippen LogP contribution is -2.41. The summed E-state index contributed by atoms with van der Waals surface area (Å²) in [6.45, 7) is 3.76. The van der Waals surface area contributed by atoms with Gasteiger partial charge < -0.3 is 5.73 Å². The van der Waals surface area contributed by atoms with E-state index in [2.05, 4.69) is 41.3 Å². The predicted molar refractivity (Wildman–Crippen MR) is 84.1 cm³/mol. The normalized spacial score (nSPS) is 21.2. The van der Waals surface area contributed by atoms with Crippen molar-refractivity contribution in [2.75, 3.05) is 6.54 Å². The molecule has 1 heterocycles. The molecule has 21 heavy (non-hydrogen) atoms. The second kappa shape index (κ2) is 5.98. The van der Waals surface area contributed by atoms with Crippen LogP contribution in [0.4, 0.5) is 0 Å². The van der Waals surface area contributed by atoms with Gasteiger partial charge in [-0.2, -0.15) is 5.10 Å². The van der Waals surface area contributed by atoms with Crippen molar-refractivity contribution in [3.8, 4) is 0 Å². The smallest absolute Gasteiger partial charge is 0.138 e. The maximum absolute atomic E-state index is 6.24. The molecule has 0 aliphatic heterocycles. The fourth-order valence-electron chi connectivity index (χ4n) is 3.60. The number of nitrogens with two attached hydrogens (primary N) is 1. The molecule has 2 N–H and O–H groups in total. The van der Waals surface area contributed by atoms with E-state index in [0.717, 1.165) is 31.6 Å². The molecule has 1 aliphatic carbocycles. The van der Waals surface area contributed by atoms with Crippen LogP contribution in [0.3, 0.4) is 0 Å². The van der Waals surface area contributed by atoms with E-state index in [1.807, 2.05) is 4.68 Å². The number of hydrogen-bond acceptors (Lipinski definition) is 3. The van der Waals surface area contributed by atoms with E-state index >= 15 is 0 Å². The van der Waals surface area contributed by atoms with Crippen LogP contribution in [-0.2, 0) is 24.8 Å². The van der Waals surface area contributed by atoms with Crippen LogP contribution in [0.5, 0.6) is 0 Å². The quantitative estimate of drug-likeness (QED) is 0.917. The number of nitrogens with zero attached hydrogens (tertiary/aromatic N) is 3. The Kier molecular flexibility index (Phi) is 4.06. The summed E-state index contributed by atoms with van der Waals surface area (Å²) in [4.78, 5) is 4.49. The molecule has 0 radical (unpaired) electrons. The van der Waals surface area contributed by atoms with Crippen LogP contribution >= 0.6 is 0 Å². The monoisotopic (exact) mass is 284 g/mol. The topological polar surface area (TPSA) is 56.7 Å². The molecule has 0 bridgehead atoms. The number of rotatable bonds is 5. The molecule has 0 saturated carbocycles. The molecular formula is C17H24N4. The number of aromatic nitrogens is 3. The Morgan fingerprint density at radius 3 is 3.00 bits per heavy atom. The van der Waals surface area contributed by atoms with Crippen LogP contribution in [0.25, 0.3) is 0 Å². The minimum atomic E-state index is 0.0212. The van der Waals surface area contributed by atoms with Crippen LogP contribution in [0, 0.1) is 0 Å². The van der Waals surface area contributed by atoms with Gasteiger partial charge in [-0.15, -0.1) is 0 Å². The highest BCUT2D eigenvalue weighted by Gasteiger charge is 2.36. The molecule has 1 aromatic heterocycles. The molecule has 0 spiro atoms. The summed E-state index contributed by atoms with van der Waals surface area (Å²) in [6, 6.07) is 8.76. The summed E-state index contributed by atoms with van der Waals surface area (Å²) in [5.74, 6) is 1.07. The molecule has 1 atom stereocenters. The largest absolute Gasteiger partial charge is 0.330 e. The fraction of sp³-hybridized carbons (Fsp3) is 0.529. The molecule has 3 rings (SSSR count).